The molecule has 1 aromatic rings. The lowest BCUT2D eigenvalue weighted by molar-refractivity contribution is -0.116. The van der Waals surface area contributed by atoms with Crippen molar-refractivity contribution in [2.45, 2.75) is 31.8 Å². The van der Waals surface area contributed by atoms with Crippen molar-refractivity contribution in [3.05, 3.63) is 22.8 Å². The maximum Gasteiger partial charge on any atom is 0.225 e. The van der Waals surface area contributed by atoms with Gasteiger partial charge in [0.1, 0.15) is 10.4 Å². The summed E-state index contributed by atoms with van der Waals surface area (Å²) in [4.78, 5) is 15.8. The molecule has 1 aromatic heterocycles. The Morgan fingerprint density at radius 2 is 2.47 bits per heavy atom. The van der Waals surface area contributed by atoms with E-state index in [1.54, 1.807) is 6.07 Å². The molecule has 1 fully saturated rings. The third-order valence-corrected chi connectivity index (χ3v) is 3.14. The van der Waals surface area contributed by atoms with Crippen LogP contribution in [0.25, 0.3) is 0 Å². The van der Waals surface area contributed by atoms with Gasteiger partial charge in [-0.1, -0.05) is 6.07 Å². The van der Waals surface area contributed by atoms with E-state index >= 15 is 0 Å². The number of anilines is 1. The van der Waals surface area contributed by atoms with Crippen molar-refractivity contribution in [2.24, 2.45) is 0 Å². The first-order valence-electron chi connectivity index (χ1n) is 5.78. The summed E-state index contributed by atoms with van der Waals surface area (Å²) in [5, 5.41) is 2.77. The molecule has 5 heteroatoms. The molecule has 92 valence electrons. The van der Waals surface area contributed by atoms with Gasteiger partial charge in [0.2, 0.25) is 5.91 Å². The van der Waals surface area contributed by atoms with E-state index in [-0.39, 0.29) is 12.0 Å². The molecule has 0 spiro atoms. The number of amides is 1. The zero-order chi connectivity index (χ0) is 12.1. The second-order valence-corrected chi connectivity index (χ2v) is 4.88. The largest absolute Gasteiger partial charge is 0.378 e. The van der Waals surface area contributed by atoms with Gasteiger partial charge in [0.05, 0.1) is 6.10 Å². The fraction of sp³-hybridized carbons (Fsp3) is 0.500. The average molecular weight is 299 g/mol. The van der Waals surface area contributed by atoms with Crippen LogP contribution in [0, 0.1) is 0 Å². The Morgan fingerprint density at radius 3 is 3.18 bits per heavy atom. The first-order valence-corrected chi connectivity index (χ1v) is 6.57. The van der Waals surface area contributed by atoms with Gasteiger partial charge < -0.3 is 10.1 Å². The van der Waals surface area contributed by atoms with E-state index in [0.717, 1.165) is 30.5 Å². The predicted molar refractivity (Wildman–Crippen MR) is 68.8 cm³/mol. The molecule has 2 heterocycles. The van der Waals surface area contributed by atoms with Crippen LogP contribution in [-0.4, -0.2) is 23.6 Å². The highest BCUT2D eigenvalue weighted by molar-refractivity contribution is 9.10. The second-order valence-electron chi connectivity index (χ2n) is 4.07. The number of rotatable bonds is 4. The zero-order valence-electron chi connectivity index (χ0n) is 9.49. The third-order valence-electron chi connectivity index (χ3n) is 2.70. The maximum atomic E-state index is 11.7. The summed E-state index contributed by atoms with van der Waals surface area (Å²) in [6, 6.07) is 5.43. The highest BCUT2D eigenvalue weighted by Gasteiger charge is 2.16. The monoisotopic (exact) mass is 298 g/mol. The van der Waals surface area contributed by atoms with Crippen LogP contribution in [0.3, 0.4) is 0 Å². The Balaban J connectivity index is 1.76. The number of hydrogen-bond donors (Lipinski definition) is 1. The van der Waals surface area contributed by atoms with Gasteiger partial charge in [-0.2, -0.15) is 0 Å². The minimum atomic E-state index is -0.00824. The van der Waals surface area contributed by atoms with E-state index in [0.29, 0.717) is 12.2 Å². The highest BCUT2D eigenvalue weighted by Crippen LogP contribution is 2.17. The normalized spacial score (nSPS) is 19.2. The molecule has 0 aliphatic carbocycles. The summed E-state index contributed by atoms with van der Waals surface area (Å²) in [5.74, 6) is 0.572. The lowest BCUT2D eigenvalue weighted by Crippen LogP contribution is -2.15. The SMILES string of the molecule is O=C(CCC1CCCO1)Nc1cccc(Br)n1. The molecular weight excluding hydrogens is 284 g/mol. The van der Waals surface area contributed by atoms with Gasteiger partial charge >= 0.3 is 0 Å². The van der Waals surface area contributed by atoms with Gasteiger partial charge in [0, 0.05) is 13.0 Å². The summed E-state index contributed by atoms with van der Waals surface area (Å²) < 4.78 is 6.19. The van der Waals surface area contributed by atoms with Crippen LogP contribution in [-0.2, 0) is 9.53 Å². The molecule has 1 unspecified atom stereocenters. The molecule has 4 nitrogen and oxygen atoms in total. The summed E-state index contributed by atoms with van der Waals surface area (Å²) in [6.07, 6.45) is 3.72. The fourth-order valence-corrected chi connectivity index (χ4v) is 2.19. The standard InChI is InChI=1S/C12H15BrN2O2/c13-10-4-1-5-11(14-10)15-12(16)7-6-9-3-2-8-17-9/h1,4-5,9H,2-3,6-8H2,(H,14,15,16). The van der Waals surface area contributed by atoms with Crippen molar-refractivity contribution in [1.29, 1.82) is 0 Å². The molecule has 0 saturated carbocycles. The second kappa shape index (κ2) is 6.12. The number of nitrogens with one attached hydrogen (secondary N) is 1. The molecule has 17 heavy (non-hydrogen) atoms. The van der Waals surface area contributed by atoms with Gasteiger partial charge in [0.15, 0.2) is 0 Å². The first kappa shape index (κ1) is 12.5. The highest BCUT2D eigenvalue weighted by atomic mass is 79.9. The number of hydrogen-bond acceptors (Lipinski definition) is 3. The van der Waals surface area contributed by atoms with Crippen molar-refractivity contribution in [1.82, 2.24) is 4.98 Å². The van der Waals surface area contributed by atoms with Gasteiger partial charge in [0.25, 0.3) is 0 Å². The quantitative estimate of drug-likeness (QED) is 0.870. The van der Waals surface area contributed by atoms with Crippen LogP contribution in [0.2, 0.25) is 0 Å². The molecule has 2 rings (SSSR count). The fourth-order valence-electron chi connectivity index (χ4n) is 1.85. The molecular formula is C12H15BrN2O2. The van der Waals surface area contributed by atoms with Crippen LogP contribution in [0.15, 0.2) is 22.8 Å². The summed E-state index contributed by atoms with van der Waals surface area (Å²) >= 11 is 3.26. The van der Waals surface area contributed by atoms with E-state index in [4.69, 9.17) is 4.74 Å². The topological polar surface area (TPSA) is 51.2 Å². The van der Waals surface area contributed by atoms with E-state index in [2.05, 4.69) is 26.2 Å². The van der Waals surface area contributed by atoms with Crippen LogP contribution in [0.1, 0.15) is 25.7 Å². The Labute approximate surface area is 109 Å². The van der Waals surface area contributed by atoms with Gasteiger partial charge in [-0.15, -0.1) is 0 Å². The zero-order valence-corrected chi connectivity index (χ0v) is 11.1. The number of nitrogens with zero attached hydrogens (tertiary/aromatic N) is 1. The minimum Gasteiger partial charge on any atom is -0.378 e. The van der Waals surface area contributed by atoms with E-state index < -0.39 is 0 Å². The third kappa shape index (κ3) is 4.09. The van der Waals surface area contributed by atoms with Gasteiger partial charge in [-0.3, -0.25) is 4.79 Å². The number of aromatic nitrogens is 1. The molecule has 0 aromatic carbocycles. The van der Waals surface area contributed by atoms with Crippen molar-refractivity contribution in [2.75, 3.05) is 11.9 Å². The molecule has 0 radical (unpaired) electrons. The lowest BCUT2D eigenvalue weighted by atomic mass is 10.1. The Morgan fingerprint density at radius 1 is 1.59 bits per heavy atom. The number of ether oxygens (including phenoxy) is 1. The van der Waals surface area contributed by atoms with Crippen molar-refractivity contribution >= 4 is 27.7 Å². The Kier molecular flexibility index (Phi) is 4.50. The van der Waals surface area contributed by atoms with Crippen molar-refractivity contribution in [3.8, 4) is 0 Å². The van der Waals surface area contributed by atoms with Crippen molar-refractivity contribution < 1.29 is 9.53 Å². The van der Waals surface area contributed by atoms with Gasteiger partial charge in [-0.05, 0) is 47.3 Å². The molecule has 1 atom stereocenters. The summed E-state index contributed by atoms with van der Waals surface area (Å²) in [5.41, 5.74) is 0. The molecule has 1 aliphatic heterocycles. The Hall–Kier alpha value is -0.940. The molecule has 1 aliphatic rings. The molecule has 1 saturated heterocycles. The van der Waals surface area contributed by atoms with Crippen LogP contribution in [0.4, 0.5) is 5.82 Å². The number of halogens is 1. The maximum absolute atomic E-state index is 11.7. The predicted octanol–water partition coefficient (Wildman–Crippen LogP) is 2.74. The number of pyridine rings is 1. The molecule has 0 bridgehead atoms. The average Bonchev–Trinajstić information content (AvgIpc) is 2.79. The molecule has 1 amide bonds. The lowest BCUT2D eigenvalue weighted by Gasteiger charge is -2.09. The van der Waals surface area contributed by atoms with Crippen LogP contribution < -0.4 is 5.32 Å². The number of carbonyl (C=O) groups excluding carboxylic acids is 1. The van der Waals surface area contributed by atoms with Crippen molar-refractivity contribution in [3.63, 3.8) is 0 Å². The number of carbonyl (C=O) groups is 1. The summed E-state index contributed by atoms with van der Waals surface area (Å²) in [7, 11) is 0. The van der Waals surface area contributed by atoms with Gasteiger partial charge in [-0.25, -0.2) is 4.98 Å². The first-order chi connectivity index (χ1) is 8.24. The Bertz CT molecular complexity index is 392. The smallest absolute Gasteiger partial charge is 0.225 e. The summed E-state index contributed by atoms with van der Waals surface area (Å²) in [6.45, 7) is 0.833. The molecule has 1 N–H and O–H groups in total. The van der Waals surface area contributed by atoms with Crippen LogP contribution in [0.5, 0.6) is 0 Å². The van der Waals surface area contributed by atoms with Crippen LogP contribution >= 0.6 is 15.9 Å². The van der Waals surface area contributed by atoms with E-state index in [9.17, 15) is 4.79 Å². The van der Waals surface area contributed by atoms with E-state index in [1.165, 1.54) is 0 Å². The van der Waals surface area contributed by atoms with E-state index in [1.807, 2.05) is 12.1 Å². The minimum absolute atomic E-state index is 0.00824.